The summed E-state index contributed by atoms with van der Waals surface area (Å²) >= 11 is 13.5. The number of aryl methyl sites for hydroxylation is 1. The summed E-state index contributed by atoms with van der Waals surface area (Å²) in [5.41, 5.74) is 5.55. The zero-order chi connectivity index (χ0) is 41.8. The van der Waals surface area contributed by atoms with Crippen molar-refractivity contribution in [1.82, 2.24) is 5.32 Å². The predicted molar refractivity (Wildman–Crippen MR) is 229 cm³/mol. The van der Waals surface area contributed by atoms with Gasteiger partial charge in [-0.2, -0.15) is 0 Å². The van der Waals surface area contributed by atoms with Gasteiger partial charge in [-0.05, 0) is 58.4 Å². The standard InChI is InChI=1S/C48H46Cl2N2O7/c1-56-41(53)30-40-44(47(55)58-3)45(42-37(49)24-15-25-38(42)50)43(46(54)57-2)39(52-40)27-26-32-16-13-14-17-33(32)31-59-29-28-51-48(34-18-7-4-8-19-34,35-20-9-5-10-21-35)36-22-11-6-12-23-36/h4-25,44-45,51H,26-31H2,1-3H3. The highest BCUT2D eigenvalue weighted by molar-refractivity contribution is 6.36. The Bertz CT molecular complexity index is 2180. The molecule has 2 unspecified atom stereocenters. The van der Waals surface area contributed by atoms with E-state index in [-0.39, 0.29) is 34.2 Å². The van der Waals surface area contributed by atoms with E-state index in [0.717, 1.165) is 27.8 Å². The number of hydrogen-bond donors (Lipinski definition) is 1. The third-order valence-electron chi connectivity index (χ3n) is 10.6. The van der Waals surface area contributed by atoms with Gasteiger partial charge in [0.1, 0.15) is 5.92 Å². The van der Waals surface area contributed by atoms with Crippen molar-refractivity contribution in [3.05, 3.63) is 188 Å². The summed E-state index contributed by atoms with van der Waals surface area (Å²) in [6.07, 6.45) is 0.354. The lowest BCUT2D eigenvalue weighted by atomic mass is 9.74. The highest BCUT2D eigenvalue weighted by Crippen LogP contribution is 2.46. The Morgan fingerprint density at radius 3 is 1.73 bits per heavy atom. The van der Waals surface area contributed by atoms with Crippen LogP contribution in [0.25, 0.3) is 0 Å². The molecule has 0 saturated heterocycles. The number of carbonyl (C=O) groups is 3. The van der Waals surface area contributed by atoms with Crippen molar-refractivity contribution in [2.45, 2.75) is 37.3 Å². The van der Waals surface area contributed by atoms with Crippen LogP contribution in [0.15, 0.2) is 150 Å². The van der Waals surface area contributed by atoms with Crippen LogP contribution >= 0.6 is 23.2 Å². The maximum Gasteiger partial charge on any atom is 0.336 e. The van der Waals surface area contributed by atoms with Crippen LogP contribution in [0.1, 0.15) is 52.1 Å². The Kier molecular flexibility index (Phi) is 14.9. The lowest BCUT2D eigenvalue weighted by molar-refractivity contribution is -0.143. The molecule has 304 valence electrons. The summed E-state index contributed by atoms with van der Waals surface area (Å²) < 4.78 is 21.8. The van der Waals surface area contributed by atoms with Gasteiger partial charge in [-0.15, -0.1) is 0 Å². The van der Waals surface area contributed by atoms with Crippen LogP contribution < -0.4 is 5.32 Å². The predicted octanol–water partition coefficient (Wildman–Crippen LogP) is 9.04. The van der Waals surface area contributed by atoms with Crippen LogP contribution in [0.3, 0.4) is 0 Å². The van der Waals surface area contributed by atoms with Gasteiger partial charge >= 0.3 is 17.9 Å². The van der Waals surface area contributed by atoms with Gasteiger partial charge in [-0.25, -0.2) is 4.79 Å². The fourth-order valence-corrected chi connectivity index (χ4v) is 8.47. The van der Waals surface area contributed by atoms with Gasteiger partial charge in [-0.1, -0.05) is 145 Å². The number of methoxy groups -OCH3 is 3. The normalized spacial score (nSPS) is 15.3. The summed E-state index contributed by atoms with van der Waals surface area (Å²) in [5, 5.41) is 4.31. The molecule has 0 radical (unpaired) electrons. The lowest BCUT2D eigenvalue weighted by Gasteiger charge is -2.37. The molecule has 0 bridgehead atoms. The summed E-state index contributed by atoms with van der Waals surface area (Å²) in [6, 6.07) is 44.0. The number of ether oxygens (including phenoxy) is 4. The number of esters is 3. The Morgan fingerprint density at radius 1 is 0.661 bits per heavy atom. The lowest BCUT2D eigenvalue weighted by Crippen LogP contribution is -2.46. The molecule has 1 heterocycles. The van der Waals surface area contributed by atoms with E-state index >= 15 is 0 Å². The van der Waals surface area contributed by atoms with Crippen molar-refractivity contribution >= 4 is 46.8 Å². The number of aliphatic imine (C=N–C) groups is 1. The van der Waals surface area contributed by atoms with Crippen LogP contribution in [0.5, 0.6) is 0 Å². The minimum atomic E-state index is -1.21. The molecule has 1 aliphatic heterocycles. The molecule has 0 aromatic heterocycles. The van der Waals surface area contributed by atoms with E-state index in [0.29, 0.717) is 37.4 Å². The largest absolute Gasteiger partial charge is 0.469 e. The summed E-state index contributed by atoms with van der Waals surface area (Å²) in [5.74, 6) is -4.33. The molecule has 9 nitrogen and oxygen atoms in total. The molecule has 0 fully saturated rings. The minimum absolute atomic E-state index is 0.102. The number of nitrogens with zero attached hydrogens (tertiary/aromatic N) is 1. The van der Waals surface area contributed by atoms with Gasteiger partial charge < -0.3 is 18.9 Å². The Morgan fingerprint density at radius 2 is 1.20 bits per heavy atom. The van der Waals surface area contributed by atoms with E-state index < -0.39 is 35.3 Å². The van der Waals surface area contributed by atoms with Crippen LogP contribution in [-0.4, -0.2) is 58.1 Å². The topological polar surface area (TPSA) is 113 Å². The number of nitrogens with one attached hydrogen (secondary N) is 1. The zero-order valence-corrected chi connectivity index (χ0v) is 34.7. The van der Waals surface area contributed by atoms with Crippen LogP contribution in [0, 0.1) is 5.92 Å². The second kappa shape index (κ2) is 20.4. The molecule has 59 heavy (non-hydrogen) atoms. The fraction of sp³-hybridized carbons (Fsp3) is 0.250. The second-order valence-electron chi connectivity index (χ2n) is 13.9. The van der Waals surface area contributed by atoms with Gasteiger partial charge in [0.2, 0.25) is 0 Å². The molecule has 1 N–H and O–H groups in total. The summed E-state index contributed by atoms with van der Waals surface area (Å²) in [4.78, 5) is 44.8. The van der Waals surface area contributed by atoms with Gasteiger partial charge in [0, 0.05) is 28.2 Å². The zero-order valence-electron chi connectivity index (χ0n) is 33.2. The molecule has 2 atom stereocenters. The third kappa shape index (κ3) is 9.67. The molecule has 1 aliphatic rings. The van der Waals surface area contributed by atoms with Gasteiger partial charge in [0.15, 0.2) is 0 Å². The van der Waals surface area contributed by atoms with E-state index in [1.165, 1.54) is 21.3 Å². The van der Waals surface area contributed by atoms with Gasteiger partial charge in [0.25, 0.3) is 0 Å². The molecule has 6 rings (SSSR count). The van der Waals surface area contributed by atoms with Gasteiger partial charge in [-0.3, -0.25) is 19.9 Å². The molecule has 5 aromatic rings. The van der Waals surface area contributed by atoms with E-state index in [2.05, 4.69) is 78.1 Å². The maximum absolute atomic E-state index is 13.7. The van der Waals surface area contributed by atoms with Crippen LogP contribution in [0.4, 0.5) is 0 Å². The van der Waals surface area contributed by atoms with Crippen LogP contribution in [0.2, 0.25) is 10.0 Å². The first kappa shape index (κ1) is 43.0. The first-order chi connectivity index (χ1) is 28.7. The van der Waals surface area contributed by atoms with Crippen molar-refractivity contribution in [2.75, 3.05) is 34.5 Å². The molecule has 0 saturated carbocycles. The SMILES string of the molecule is COC(=O)CC1=NC(CCc2ccccc2COCCNC(c2ccccc2)(c2ccccc2)c2ccccc2)=C(C(=O)OC)C(c2c(Cl)cccc2Cl)C1C(=O)OC. The molecular weight excluding hydrogens is 787 g/mol. The second-order valence-corrected chi connectivity index (χ2v) is 14.7. The number of benzene rings is 5. The number of hydrogen-bond acceptors (Lipinski definition) is 9. The maximum atomic E-state index is 13.7. The molecule has 11 heteroatoms. The van der Waals surface area contributed by atoms with E-state index in [4.69, 9.17) is 47.1 Å². The average molecular weight is 834 g/mol. The van der Waals surface area contributed by atoms with Gasteiger partial charge in [0.05, 0.1) is 57.8 Å². The molecule has 0 spiro atoms. The first-order valence-electron chi connectivity index (χ1n) is 19.3. The van der Waals surface area contributed by atoms with Crippen molar-refractivity contribution < 1.29 is 33.3 Å². The van der Waals surface area contributed by atoms with Crippen molar-refractivity contribution in [1.29, 1.82) is 0 Å². The highest BCUT2D eigenvalue weighted by Gasteiger charge is 2.46. The van der Waals surface area contributed by atoms with E-state index in [9.17, 15) is 14.4 Å². The molecule has 0 amide bonds. The van der Waals surface area contributed by atoms with Crippen molar-refractivity contribution in [2.24, 2.45) is 10.9 Å². The Labute approximate surface area is 355 Å². The highest BCUT2D eigenvalue weighted by atomic mass is 35.5. The Balaban J connectivity index is 1.26. The van der Waals surface area contributed by atoms with Crippen LogP contribution in [-0.2, 0) is 51.9 Å². The summed E-state index contributed by atoms with van der Waals surface area (Å²) in [6.45, 7) is 1.28. The first-order valence-corrected chi connectivity index (χ1v) is 20.0. The fourth-order valence-electron chi connectivity index (χ4n) is 7.83. The average Bonchev–Trinajstić information content (AvgIpc) is 3.27. The molecular formula is C48H46Cl2N2O7. The van der Waals surface area contributed by atoms with Crippen molar-refractivity contribution in [3.63, 3.8) is 0 Å². The smallest absolute Gasteiger partial charge is 0.336 e. The Hall–Kier alpha value is -5.58. The monoisotopic (exact) mass is 832 g/mol. The number of rotatable bonds is 17. The van der Waals surface area contributed by atoms with E-state index in [1.807, 2.05) is 42.5 Å². The number of halogens is 2. The number of carbonyl (C=O) groups excluding carboxylic acids is 3. The summed E-state index contributed by atoms with van der Waals surface area (Å²) in [7, 11) is 3.73. The number of allylic oxidation sites excluding steroid dienone is 1. The minimum Gasteiger partial charge on any atom is -0.469 e. The van der Waals surface area contributed by atoms with Crippen molar-refractivity contribution in [3.8, 4) is 0 Å². The molecule has 0 aliphatic carbocycles. The third-order valence-corrected chi connectivity index (χ3v) is 11.2. The quantitative estimate of drug-likeness (QED) is 0.0428. The van der Waals surface area contributed by atoms with E-state index in [1.54, 1.807) is 18.2 Å². The molecule has 5 aromatic carbocycles.